The second-order valence-corrected chi connectivity index (χ2v) is 12.0. The van der Waals surface area contributed by atoms with Crippen LogP contribution in [0.15, 0.2) is 54.2 Å². The van der Waals surface area contributed by atoms with Crippen molar-refractivity contribution in [2.24, 2.45) is 0 Å². The van der Waals surface area contributed by atoms with E-state index >= 15 is 0 Å². The normalized spacial score (nSPS) is 12.7. The number of hydrogen-bond donors (Lipinski definition) is 0. The maximum absolute atomic E-state index is 2.42. The fraction of sp³-hybridized carbons (Fsp3) is 0.222. The van der Waals surface area contributed by atoms with E-state index in [9.17, 15) is 0 Å². The van der Waals surface area contributed by atoms with E-state index in [1.807, 2.05) is 0 Å². The smallest absolute Gasteiger partial charge is 0.0784 e. The quantitative estimate of drug-likeness (QED) is 0.763. The maximum Gasteiger partial charge on any atom is 0.0784 e. The van der Waals surface area contributed by atoms with E-state index in [4.69, 9.17) is 0 Å². The molecule has 104 valence electrons. The summed E-state index contributed by atoms with van der Waals surface area (Å²) >= 11 is 0. The zero-order valence-corrected chi connectivity index (χ0v) is 16.2. The Labute approximate surface area is 127 Å². The summed E-state index contributed by atoms with van der Waals surface area (Å²) in [6, 6.07) is 17.8. The lowest BCUT2D eigenvalue weighted by molar-refractivity contribution is 1.44. The van der Waals surface area contributed by atoms with Crippen molar-refractivity contribution in [1.82, 2.24) is 0 Å². The highest BCUT2D eigenvalue weighted by Crippen LogP contribution is 2.24. The minimum absolute atomic E-state index is 1.08. The van der Waals surface area contributed by atoms with Crippen molar-refractivity contribution in [1.29, 1.82) is 0 Å². The van der Waals surface area contributed by atoms with Gasteiger partial charge in [0, 0.05) is 10.2 Å². The molecule has 0 aliphatic carbocycles. The van der Waals surface area contributed by atoms with Crippen LogP contribution >= 0.6 is 0 Å². The van der Waals surface area contributed by atoms with E-state index in [1.165, 1.54) is 22.3 Å². The van der Waals surface area contributed by atoms with Crippen LogP contribution < -0.4 is 5.19 Å². The van der Waals surface area contributed by atoms with Crippen LogP contribution in [0.5, 0.6) is 0 Å². The van der Waals surface area contributed by atoms with E-state index < -0.39 is 8.07 Å². The lowest BCUT2D eigenvalue weighted by Crippen LogP contribution is -2.39. The topological polar surface area (TPSA) is 0 Å². The molecule has 0 N–H and O–H groups in total. The van der Waals surface area contributed by atoms with Crippen molar-refractivity contribution < 1.29 is 0 Å². The van der Waals surface area contributed by atoms with Gasteiger partial charge in [0.2, 0.25) is 0 Å². The summed E-state index contributed by atoms with van der Waals surface area (Å²) in [5, 5.41) is 1.56. The molecule has 2 heteroatoms. The number of rotatable bonds is 3. The third kappa shape index (κ3) is 3.19. The number of aryl methyl sites for hydroxylation is 1. The lowest BCUT2D eigenvalue weighted by atomic mass is 9.98. The largest absolute Gasteiger partial charge is 0.0971 e. The highest BCUT2D eigenvalue weighted by atomic mass is 28.3. The molecule has 0 radical (unpaired) electrons. The van der Waals surface area contributed by atoms with Gasteiger partial charge in [0.15, 0.2) is 0 Å². The first-order valence-corrected chi connectivity index (χ1v) is 11.9. The molecule has 0 bridgehead atoms. The van der Waals surface area contributed by atoms with Crippen LogP contribution in [0.25, 0.3) is 5.57 Å². The second-order valence-electron chi connectivity index (χ2n) is 6.37. The van der Waals surface area contributed by atoms with E-state index in [1.54, 1.807) is 5.19 Å². The molecule has 0 fully saturated rings. The van der Waals surface area contributed by atoms with Crippen LogP contribution in [0.1, 0.15) is 16.7 Å². The van der Waals surface area contributed by atoms with Gasteiger partial charge in [0.1, 0.15) is 0 Å². The van der Waals surface area contributed by atoms with Gasteiger partial charge in [-0.15, -0.1) is 0 Å². The Kier molecular flexibility index (Phi) is 4.46. The Bertz CT molecular complexity index is 634. The van der Waals surface area contributed by atoms with Crippen LogP contribution in [0.4, 0.5) is 0 Å². The van der Waals surface area contributed by atoms with Crippen LogP contribution in [-0.4, -0.2) is 18.3 Å². The SMILES string of the molecule is Cc1cccc(C(=C[SiH3])c2ccccc2[Si](C)(C)C)c1. The molecular weight excluding hydrogens is 272 g/mol. The van der Waals surface area contributed by atoms with E-state index in [-0.39, 0.29) is 0 Å². The summed E-state index contributed by atoms with van der Waals surface area (Å²) in [4.78, 5) is 0. The van der Waals surface area contributed by atoms with Crippen LogP contribution in [0, 0.1) is 6.92 Å². The molecular formula is C18H24Si2. The van der Waals surface area contributed by atoms with Crippen molar-refractivity contribution >= 4 is 29.1 Å². The molecule has 0 amide bonds. The molecule has 0 saturated heterocycles. The highest BCUT2D eigenvalue weighted by Gasteiger charge is 2.21. The molecule has 0 aliphatic rings. The van der Waals surface area contributed by atoms with Gasteiger partial charge in [-0.25, -0.2) is 0 Å². The van der Waals surface area contributed by atoms with Gasteiger partial charge in [0.25, 0.3) is 0 Å². The Morgan fingerprint density at radius 2 is 1.70 bits per heavy atom. The summed E-state index contributed by atoms with van der Waals surface area (Å²) in [5.41, 5.74) is 7.92. The van der Waals surface area contributed by atoms with Crippen molar-refractivity contribution in [2.75, 3.05) is 0 Å². The molecule has 2 rings (SSSR count). The Morgan fingerprint density at radius 3 is 2.30 bits per heavy atom. The van der Waals surface area contributed by atoms with Crippen molar-refractivity contribution in [3.8, 4) is 0 Å². The van der Waals surface area contributed by atoms with Crippen LogP contribution in [-0.2, 0) is 0 Å². The third-order valence-electron chi connectivity index (χ3n) is 3.64. The minimum Gasteiger partial charge on any atom is -0.0971 e. The van der Waals surface area contributed by atoms with Gasteiger partial charge in [-0.05, 0) is 23.6 Å². The molecule has 2 aromatic carbocycles. The summed E-state index contributed by atoms with van der Waals surface area (Å²) in [5.74, 6) is 0. The monoisotopic (exact) mass is 296 g/mol. The van der Waals surface area contributed by atoms with E-state index in [0.29, 0.717) is 0 Å². The molecule has 0 aromatic heterocycles. The predicted molar refractivity (Wildman–Crippen MR) is 97.6 cm³/mol. The summed E-state index contributed by atoms with van der Waals surface area (Å²) in [6.45, 7) is 9.44. The van der Waals surface area contributed by atoms with Gasteiger partial charge < -0.3 is 0 Å². The van der Waals surface area contributed by atoms with Gasteiger partial charge in [0.05, 0.1) is 8.07 Å². The first-order chi connectivity index (χ1) is 9.43. The molecule has 0 aliphatic heterocycles. The standard InChI is InChI=1S/C18H24Si2/c1-14-8-7-9-15(12-14)17(13-19)16-10-5-6-11-18(16)20(2,3)4/h5-13H,1-4,19H3. The Morgan fingerprint density at radius 1 is 1.00 bits per heavy atom. The zero-order valence-electron chi connectivity index (χ0n) is 13.2. The van der Waals surface area contributed by atoms with Crippen molar-refractivity contribution in [3.05, 3.63) is 70.9 Å². The zero-order chi connectivity index (χ0) is 14.8. The van der Waals surface area contributed by atoms with E-state index in [0.717, 1.165) is 10.2 Å². The second kappa shape index (κ2) is 5.94. The fourth-order valence-electron chi connectivity index (χ4n) is 2.66. The van der Waals surface area contributed by atoms with Gasteiger partial charge in [-0.2, -0.15) is 0 Å². The van der Waals surface area contributed by atoms with Gasteiger partial charge in [-0.3, -0.25) is 0 Å². The molecule has 0 heterocycles. The predicted octanol–water partition coefficient (Wildman–Crippen LogP) is 3.29. The molecule has 0 spiro atoms. The minimum atomic E-state index is -1.33. The number of benzene rings is 2. The Hall–Kier alpha value is -1.39. The maximum atomic E-state index is 2.42. The van der Waals surface area contributed by atoms with E-state index in [2.05, 4.69) is 80.8 Å². The average Bonchev–Trinajstić information content (AvgIpc) is 2.39. The Balaban J connectivity index is 2.60. The third-order valence-corrected chi connectivity index (χ3v) is 6.27. The summed E-state index contributed by atoms with van der Waals surface area (Å²) < 4.78 is 0. The molecule has 0 unspecified atom stereocenters. The highest BCUT2D eigenvalue weighted by molar-refractivity contribution is 6.89. The van der Waals surface area contributed by atoms with Gasteiger partial charge >= 0.3 is 0 Å². The lowest BCUT2D eigenvalue weighted by Gasteiger charge is -2.22. The van der Waals surface area contributed by atoms with Gasteiger partial charge in [-0.1, -0.05) is 84.6 Å². The molecule has 0 atom stereocenters. The van der Waals surface area contributed by atoms with Crippen LogP contribution in [0.2, 0.25) is 19.6 Å². The first-order valence-electron chi connectivity index (χ1n) is 7.26. The molecule has 0 nitrogen and oxygen atoms in total. The fourth-order valence-corrected chi connectivity index (χ4v) is 4.93. The summed E-state index contributed by atoms with van der Waals surface area (Å²) in [6.07, 6.45) is 0. The molecule has 20 heavy (non-hydrogen) atoms. The molecule has 0 saturated carbocycles. The van der Waals surface area contributed by atoms with Crippen molar-refractivity contribution in [3.63, 3.8) is 0 Å². The van der Waals surface area contributed by atoms with Crippen LogP contribution in [0.3, 0.4) is 0 Å². The number of hydrogen-bond acceptors (Lipinski definition) is 0. The first kappa shape index (κ1) is 15.0. The molecule has 2 aromatic rings. The average molecular weight is 297 g/mol. The summed E-state index contributed by atoms with van der Waals surface area (Å²) in [7, 11) is -0.251. The van der Waals surface area contributed by atoms with Crippen molar-refractivity contribution in [2.45, 2.75) is 26.6 Å².